The SMILES string of the molecule is [2H]c1c([2H])c([2H])c(-c2c3ccccc3c(-c3cc4cc(B5OC(C)(C)C(C)(C)O5)ccc4c4ccccc34)c3ccccc23)c([2H])c1[2H]. The van der Waals surface area contributed by atoms with Gasteiger partial charge in [-0.25, -0.2) is 0 Å². The third-order valence-electron chi connectivity index (χ3n) is 9.36. The summed E-state index contributed by atoms with van der Waals surface area (Å²) >= 11 is 0. The molecule has 0 aliphatic carbocycles. The molecule has 0 atom stereocenters. The fourth-order valence-corrected chi connectivity index (χ4v) is 6.53. The van der Waals surface area contributed by atoms with E-state index in [4.69, 9.17) is 16.2 Å². The monoisotopic (exact) mass is 561 g/mol. The Balaban J connectivity index is 1.47. The van der Waals surface area contributed by atoms with Gasteiger partial charge in [-0.1, -0.05) is 121 Å². The van der Waals surface area contributed by atoms with Crippen molar-refractivity contribution in [3.05, 3.63) is 127 Å². The van der Waals surface area contributed by atoms with Crippen molar-refractivity contribution < 1.29 is 16.2 Å². The van der Waals surface area contributed by atoms with E-state index in [0.29, 0.717) is 5.56 Å². The van der Waals surface area contributed by atoms with Crippen LogP contribution in [0.5, 0.6) is 0 Å². The maximum absolute atomic E-state index is 8.89. The second-order valence-corrected chi connectivity index (χ2v) is 12.4. The van der Waals surface area contributed by atoms with Crippen molar-refractivity contribution in [1.29, 1.82) is 0 Å². The molecule has 7 aromatic rings. The second kappa shape index (κ2) is 9.54. The van der Waals surface area contributed by atoms with E-state index in [9.17, 15) is 0 Å². The Morgan fingerprint density at radius 1 is 0.535 bits per heavy atom. The Labute approximate surface area is 260 Å². The highest BCUT2D eigenvalue weighted by Crippen LogP contribution is 2.46. The summed E-state index contributed by atoms with van der Waals surface area (Å²) in [6, 6.07) is 31.5. The van der Waals surface area contributed by atoms with Crippen LogP contribution in [0.2, 0.25) is 0 Å². The molecule has 0 aromatic heterocycles. The van der Waals surface area contributed by atoms with Gasteiger partial charge in [-0.05, 0) is 105 Å². The van der Waals surface area contributed by atoms with E-state index >= 15 is 0 Å². The zero-order valence-corrected chi connectivity index (χ0v) is 24.6. The molecule has 7 aromatic carbocycles. The summed E-state index contributed by atoms with van der Waals surface area (Å²) in [4.78, 5) is 0. The highest BCUT2D eigenvalue weighted by atomic mass is 16.7. The normalized spacial score (nSPS) is 17.7. The van der Waals surface area contributed by atoms with Crippen LogP contribution in [0.1, 0.15) is 34.5 Å². The first kappa shape index (κ1) is 21.3. The van der Waals surface area contributed by atoms with Gasteiger partial charge in [-0.3, -0.25) is 0 Å². The summed E-state index contributed by atoms with van der Waals surface area (Å²) in [5.74, 6) is 0. The molecule has 2 nitrogen and oxygen atoms in total. The predicted octanol–water partition coefficient (Wildman–Crippen LogP) is 9.93. The fourth-order valence-electron chi connectivity index (χ4n) is 6.53. The largest absolute Gasteiger partial charge is 0.494 e. The summed E-state index contributed by atoms with van der Waals surface area (Å²) in [5, 5.41) is 7.90. The fraction of sp³-hybridized carbons (Fsp3) is 0.150. The molecule has 1 saturated heterocycles. The maximum Gasteiger partial charge on any atom is 0.494 e. The van der Waals surface area contributed by atoms with E-state index in [0.717, 1.165) is 59.7 Å². The van der Waals surface area contributed by atoms with Crippen molar-refractivity contribution in [3.63, 3.8) is 0 Å². The van der Waals surface area contributed by atoms with Gasteiger partial charge in [0.1, 0.15) is 0 Å². The van der Waals surface area contributed by atoms with E-state index in [1.807, 2.05) is 36.4 Å². The van der Waals surface area contributed by atoms with Crippen LogP contribution in [-0.4, -0.2) is 18.3 Å². The first-order chi connectivity index (χ1) is 22.9. The standard InChI is InChI=1S/C40H33BO2/c1-39(2)40(3,4)43-41(42-39)28-22-23-29-27(24-28)25-36(31-17-9-8-16-30(29)31)38-34-20-12-10-18-32(34)37(26-14-6-5-7-15-26)33-19-11-13-21-35(33)38/h5-25H,1-4H3/i5D,6D,7D,14D,15D. The second-order valence-electron chi connectivity index (χ2n) is 12.4. The zero-order chi connectivity index (χ0) is 33.7. The number of hydrogen-bond acceptors (Lipinski definition) is 2. The van der Waals surface area contributed by atoms with E-state index in [-0.39, 0.29) is 29.7 Å². The first-order valence-electron chi connectivity index (χ1n) is 17.2. The van der Waals surface area contributed by atoms with Crippen LogP contribution >= 0.6 is 0 Å². The van der Waals surface area contributed by atoms with Gasteiger partial charge in [0.05, 0.1) is 18.1 Å². The minimum absolute atomic E-state index is 0.204. The number of hydrogen-bond donors (Lipinski definition) is 0. The minimum Gasteiger partial charge on any atom is -0.399 e. The molecule has 0 radical (unpaired) electrons. The van der Waals surface area contributed by atoms with Crippen molar-refractivity contribution >= 4 is 55.7 Å². The molecule has 1 aliphatic heterocycles. The number of rotatable bonds is 3. The summed E-state index contributed by atoms with van der Waals surface area (Å²) in [5.41, 5.74) is 2.95. The Kier molecular flexibility index (Phi) is 4.72. The zero-order valence-electron chi connectivity index (χ0n) is 29.6. The lowest BCUT2D eigenvalue weighted by Crippen LogP contribution is -2.41. The van der Waals surface area contributed by atoms with Crippen molar-refractivity contribution in [1.82, 2.24) is 0 Å². The average molecular weight is 562 g/mol. The molecule has 208 valence electrons. The van der Waals surface area contributed by atoms with Crippen LogP contribution in [0.15, 0.2) is 127 Å². The van der Waals surface area contributed by atoms with Gasteiger partial charge in [-0.2, -0.15) is 0 Å². The summed E-state index contributed by atoms with van der Waals surface area (Å²) in [7, 11) is -0.493. The Morgan fingerprint density at radius 3 is 1.63 bits per heavy atom. The molecule has 1 heterocycles. The van der Waals surface area contributed by atoms with Crippen molar-refractivity contribution in [2.75, 3.05) is 0 Å². The summed E-state index contributed by atoms with van der Waals surface area (Å²) < 4.78 is 55.7. The van der Waals surface area contributed by atoms with E-state index < -0.39 is 24.4 Å². The highest BCUT2D eigenvalue weighted by molar-refractivity contribution is 6.62. The summed E-state index contributed by atoms with van der Waals surface area (Å²) in [6.45, 7) is 8.24. The van der Waals surface area contributed by atoms with Crippen LogP contribution < -0.4 is 5.46 Å². The molecule has 43 heavy (non-hydrogen) atoms. The molecule has 0 unspecified atom stereocenters. The average Bonchev–Trinajstić information content (AvgIpc) is 3.31. The summed E-state index contributed by atoms with van der Waals surface area (Å²) in [6.07, 6.45) is 0. The van der Waals surface area contributed by atoms with Crippen LogP contribution in [0.4, 0.5) is 0 Å². The molecule has 1 aliphatic rings. The molecule has 1 fully saturated rings. The van der Waals surface area contributed by atoms with Gasteiger partial charge in [-0.15, -0.1) is 0 Å². The van der Waals surface area contributed by atoms with Gasteiger partial charge < -0.3 is 9.31 Å². The van der Waals surface area contributed by atoms with E-state index in [2.05, 4.69) is 88.4 Å². The molecule has 0 spiro atoms. The van der Waals surface area contributed by atoms with E-state index in [1.165, 1.54) is 0 Å². The van der Waals surface area contributed by atoms with Crippen LogP contribution in [0.3, 0.4) is 0 Å². The van der Waals surface area contributed by atoms with Crippen LogP contribution in [0, 0.1) is 0 Å². The third-order valence-corrected chi connectivity index (χ3v) is 9.36. The molecule has 0 bridgehead atoms. The molecule has 0 N–H and O–H groups in total. The van der Waals surface area contributed by atoms with Crippen molar-refractivity contribution in [2.45, 2.75) is 38.9 Å². The van der Waals surface area contributed by atoms with Gasteiger partial charge in [0.15, 0.2) is 0 Å². The molecule has 0 saturated carbocycles. The van der Waals surface area contributed by atoms with Crippen LogP contribution in [-0.2, 0) is 9.31 Å². The number of fused-ring (bicyclic) bond motifs is 5. The van der Waals surface area contributed by atoms with Crippen molar-refractivity contribution in [3.8, 4) is 22.3 Å². The predicted molar refractivity (Wildman–Crippen MR) is 183 cm³/mol. The first-order valence-corrected chi connectivity index (χ1v) is 14.7. The number of benzene rings is 7. The van der Waals surface area contributed by atoms with Gasteiger partial charge in [0, 0.05) is 0 Å². The van der Waals surface area contributed by atoms with Gasteiger partial charge in [0.25, 0.3) is 0 Å². The Hall–Kier alpha value is -4.44. The van der Waals surface area contributed by atoms with Crippen LogP contribution in [0.25, 0.3) is 65.3 Å². The smallest absolute Gasteiger partial charge is 0.399 e. The quantitative estimate of drug-likeness (QED) is 0.121. The lowest BCUT2D eigenvalue weighted by atomic mass is 9.77. The molecule has 0 amide bonds. The lowest BCUT2D eigenvalue weighted by molar-refractivity contribution is 0.00578. The van der Waals surface area contributed by atoms with E-state index in [1.54, 1.807) is 0 Å². The molecule has 8 rings (SSSR count). The third kappa shape index (κ3) is 4.03. The van der Waals surface area contributed by atoms with Crippen molar-refractivity contribution in [2.24, 2.45) is 0 Å². The topological polar surface area (TPSA) is 18.5 Å². The molecular weight excluding hydrogens is 523 g/mol. The minimum atomic E-state index is -0.493. The Bertz CT molecular complexity index is 2390. The molecule has 3 heteroatoms. The molecular formula is C40H33BO2. The van der Waals surface area contributed by atoms with Gasteiger partial charge >= 0.3 is 7.12 Å². The lowest BCUT2D eigenvalue weighted by Gasteiger charge is -2.32. The van der Waals surface area contributed by atoms with Gasteiger partial charge in [0.2, 0.25) is 0 Å². The Morgan fingerprint density at radius 2 is 1.05 bits per heavy atom. The maximum atomic E-state index is 8.89. The highest BCUT2D eigenvalue weighted by Gasteiger charge is 2.51.